The molecule has 2 unspecified atom stereocenters. The first-order valence-electron chi connectivity index (χ1n) is 17.7. The first-order chi connectivity index (χ1) is 20.1. The van der Waals surface area contributed by atoms with Gasteiger partial charge in [0.25, 0.3) is 0 Å². The lowest BCUT2D eigenvalue weighted by atomic mass is 9.42. The molecule has 0 radical (unpaired) electrons. The lowest BCUT2D eigenvalue weighted by molar-refractivity contribution is -0.183. The Morgan fingerprint density at radius 2 is 1.21 bits per heavy atom. The molecular weight excluding hydrogens is 532 g/mol. The van der Waals surface area contributed by atoms with Crippen LogP contribution in [0.1, 0.15) is 153 Å². The van der Waals surface area contributed by atoms with Crippen molar-refractivity contribution in [1.82, 2.24) is 0 Å². The van der Waals surface area contributed by atoms with Crippen molar-refractivity contribution in [3.63, 3.8) is 0 Å². The lowest BCUT2D eigenvalue weighted by Gasteiger charge is -2.61. The van der Waals surface area contributed by atoms with Gasteiger partial charge in [-0.2, -0.15) is 0 Å². The van der Waals surface area contributed by atoms with Crippen LogP contribution in [0.4, 0.5) is 0 Å². The summed E-state index contributed by atoms with van der Waals surface area (Å²) >= 11 is 0. The Balaban J connectivity index is 4.01. The number of hydrogen-bond donors (Lipinski definition) is 1. The van der Waals surface area contributed by atoms with E-state index >= 15 is 0 Å². The van der Waals surface area contributed by atoms with Gasteiger partial charge in [0.1, 0.15) is 18.0 Å². The lowest BCUT2D eigenvalue weighted by Crippen LogP contribution is -2.58. The number of hydrogen-bond acceptors (Lipinski definition) is 4. The fourth-order valence-corrected chi connectivity index (χ4v) is 8.58. The van der Waals surface area contributed by atoms with E-state index in [1.54, 1.807) is 0 Å². The van der Waals surface area contributed by atoms with Crippen LogP contribution < -0.4 is 4.74 Å². The van der Waals surface area contributed by atoms with Crippen molar-refractivity contribution in [2.75, 3.05) is 13.2 Å². The number of benzene rings is 1. The number of rotatable bonds is 20. The molecule has 0 aliphatic carbocycles. The molecule has 1 aromatic rings. The molecule has 0 fully saturated rings. The largest absolute Gasteiger partial charge is 0.488 e. The summed E-state index contributed by atoms with van der Waals surface area (Å²) in [6.45, 7) is 29.5. The van der Waals surface area contributed by atoms with Gasteiger partial charge in [-0.25, -0.2) is 0 Å². The molecule has 0 aromatic heterocycles. The summed E-state index contributed by atoms with van der Waals surface area (Å²) in [5, 5.41) is 9.61. The van der Waals surface area contributed by atoms with E-state index in [0.29, 0.717) is 5.92 Å². The van der Waals surface area contributed by atoms with E-state index in [9.17, 15) is 9.90 Å². The van der Waals surface area contributed by atoms with Crippen molar-refractivity contribution in [3.8, 4) is 5.75 Å². The molecule has 1 aromatic carbocycles. The van der Waals surface area contributed by atoms with Gasteiger partial charge in [0.15, 0.2) is 0 Å². The van der Waals surface area contributed by atoms with Gasteiger partial charge < -0.3 is 14.6 Å². The Morgan fingerprint density at radius 1 is 0.721 bits per heavy atom. The molecule has 0 saturated heterocycles. The number of aliphatic hydroxyl groups is 1. The SMILES string of the molecule is CCC(C)(CC)CC(Cc1ccc(OC(C)(C)C)cc1)C(CC)(CC)C(CC)(CC)C(C(=O)OCCO)C(C)(CC)CC. The van der Waals surface area contributed by atoms with Crippen LogP contribution in [-0.2, 0) is 16.0 Å². The average molecular weight is 603 g/mol. The molecule has 0 heterocycles. The first-order valence-corrected chi connectivity index (χ1v) is 17.7. The highest BCUT2D eigenvalue weighted by Gasteiger charge is 2.61. The Labute approximate surface area is 267 Å². The quantitative estimate of drug-likeness (QED) is 0.151. The normalized spacial score (nSPS) is 14.8. The predicted molar refractivity (Wildman–Crippen MR) is 184 cm³/mol. The summed E-state index contributed by atoms with van der Waals surface area (Å²) in [4.78, 5) is 14.3. The van der Waals surface area contributed by atoms with E-state index in [1.165, 1.54) is 5.56 Å². The second-order valence-electron chi connectivity index (χ2n) is 14.9. The van der Waals surface area contributed by atoms with Crippen LogP contribution in [0.3, 0.4) is 0 Å². The van der Waals surface area contributed by atoms with E-state index in [1.807, 2.05) is 0 Å². The van der Waals surface area contributed by atoms with Crippen molar-refractivity contribution in [2.24, 2.45) is 33.5 Å². The minimum atomic E-state index is -0.258. The third-order valence-corrected chi connectivity index (χ3v) is 12.0. The zero-order chi connectivity index (χ0) is 33.1. The molecule has 250 valence electrons. The monoisotopic (exact) mass is 603 g/mol. The van der Waals surface area contributed by atoms with Crippen molar-refractivity contribution in [3.05, 3.63) is 29.8 Å². The van der Waals surface area contributed by atoms with Crippen LogP contribution in [0.15, 0.2) is 24.3 Å². The van der Waals surface area contributed by atoms with Crippen molar-refractivity contribution >= 4 is 5.97 Å². The molecule has 0 bridgehead atoms. The van der Waals surface area contributed by atoms with Crippen LogP contribution in [0.25, 0.3) is 0 Å². The van der Waals surface area contributed by atoms with Gasteiger partial charge in [-0.3, -0.25) is 4.79 Å². The average Bonchev–Trinajstić information content (AvgIpc) is 2.99. The number of ether oxygens (including phenoxy) is 2. The standard InChI is InChI=1S/C39H70O4/c1-14-36(12,15-2)29-31(28-30-22-24-32(25-23-30)43-35(9,10)11)38(18-5,19-6)39(20-7,21-8)33(34(41)42-27-26-40)37(13,16-3)17-4/h22-25,31,33,40H,14-21,26-29H2,1-13H3. The van der Waals surface area contributed by atoms with Gasteiger partial charge in [0.2, 0.25) is 0 Å². The second-order valence-corrected chi connectivity index (χ2v) is 14.9. The summed E-state index contributed by atoms with van der Waals surface area (Å²) in [6, 6.07) is 8.77. The molecule has 0 amide bonds. The smallest absolute Gasteiger partial charge is 0.310 e. The van der Waals surface area contributed by atoms with E-state index in [-0.39, 0.29) is 52.4 Å². The highest BCUT2D eigenvalue weighted by Crippen LogP contribution is 2.65. The first kappa shape index (κ1) is 39.5. The Hall–Kier alpha value is -1.55. The minimum absolute atomic E-state index is 0.0593. The van der Waals surface area contributed by atoms with Gasteiger partial charge in [0.05, 0.1) is 12.5 Å². The maximum absolute atomic E-state index is 14.3. The van der Waals surface area contributed by atoms with Crippen LogP contribution in [-0.4, -0.2) is 29.9 Å². The van der Waals surface area contributed by atoms with Crippen LogP contribution in [0, 0.1) is 33.5 Å². The predicted octanol–water partition coefficient (Wildman–Crippen LogP) is 10.8. The summed E-state index contributed by atoms with van der Waals surface area (Å²) in [6.07, 6.45) is 10.1. The highest BCUT2D eigenvalue weighted by atomic mass is 16.5. The van der Waals surface area contributed by atoms with E-state index in [4.69, 9.17) is 9.47 Å². The van der Waals surface area contributed by atoms with Gasteiger partial charge >= 0.3 is 5.97 Å². The Kier molecular flexibility index (Phi) is 15.3. The minimum Gasteiger partial charge on any atom is -0.488 e. The molecule has 4 nitrogen and oxygen atoms in total. The van der Waals surface area contributed by atoms with Crippen molar-refractivity contribution in [1.29, 1.82) is 0 Å². The molecule has 0 aliphatic heterocycles. The van der Waals surface area contributed by atoms with E-state index in [0.717, 1.165) is 70.0 Å². The summed E-state index contributed by atoms with van der Waals surface area (Å²) in [7, 11) is 0. The number of carbonyl (C=O) groups is 1. The molecule has 2 atom stereocenters. The number of aliphatic hydroxyl groups excluding tert-OH is 1. The molecule has 1 rings (SSSR count). The number of carbonyl (C=O) groups excluding carboxylic acids is 1. The topological polar surface area (TPSA) is 55.8 Å². The summed E-state index contributed by atoms with van der Waals surface area (Å²) in [5.41, 5.74) is 0.767. The van der Waals surface area contributed by atoms with Crippen LogP contribution >= 0.6 is 0 Å². The third kappa shape index (κ3) is 9.01. The fraction of sp³-hybridized carbons (Fsp3) is 0.821. The van der Waals surface area contributed by atoms with Crippen LogP contribution in [0.5, 0.6) is 5.75 Å². The maximum Gasteiger partial charge on any atom is 0.310 e. The fourth-order valence-electron chi connectivity index (χ4n) is 8.58. The van der Waals surface area contributed by atoms with Crippen molar-refractivity contribution < 1.29 is 19.4 Å². The highest BCUT2D eigenvalue weighted by molar-refractivity contribution is 5.75. The van der Waals surface area contributed by atoms with E-state index < -0.39 is 0 Å². The molecule has 4 heteroatoms. The molecule has 0 saturated carbocycles. The van der Waals surface area contributed by atoms with Crippen LogP contribution in [0.2, 0.25) is 0 Å². The Bertz CT molecular complexity index is 925. The third-order valence-electron chi connectivity index (χ3n) is 12.0. The number of esters is 1. The van der Waals surface area contributed by atoms with Crippen molar-refractivity contribution in [2.45, 2.75) is 160 Å². The van der Waals surface area contributed by atoms with Gasteiger partial charge in [0, 0.05) is 0 Å². The maximum atomic E-state index is 14.3. The zero-order valence-electron chi connectivity index (χ0n) is 30.6. The molecular formula is C39H70O4. The second kappa shape index (κ2) is 16.7. The molecule has 0 aliphatic rings. The van der Waals surface area contributed by atoms with Gasteiger partial charge in [-0.1, -0.05) is 94.2 Å². The molecule has 1 N–H and O–H groups in total. The Morgan fingerprint density at radius 3 is 1.58 bits per heavy atom. The summed E-state index contributed by atoms with van der Waals surface area (Å²) < 4.78 is 12.0. The summed E-state index contributed by atoms with van der Waals surface area (Å²) in [5.74, 6) is 0.914. The zero-order valence-corrected chi connectivity index (χ0v) is 30.6. The molecule has 0 spiro atoms. The van der Waals surface area contributed by atoms with Gasteiger partial charge in [-0.15, -0.1) is 0 Å². The molecule has 43 heavy (non-hydrogen) atoms. The van der Waals surface area contributed by atoms with E-state index in [2.05, 4.69) is 114 Å². The van der Waals surface area contributed by atoms with Gasteiger partial charge in [-0.05, 0) is 117 Å².